The minimum Gasteiger partial charge on any atom is -0.496 e. The van der Waals surface area contributed by atoms with Gasteiger partial charge in [-0.15, -0.1) is 0 Å². The summed E-state index contributed by atoms with van der Waals surface area (Å²) in [5, 5.41) is 2.49. The summed E-state index contributed by atoms with van der Waals surface area (Å²) in [6, 6.07) is 7.56. The van der Waals surface area contributed by atoms with E-state index in [0.717, 1.165) is 48.8 Å². The van der Waals surface area contributed by atoms with Crippen LogP contribution in [0, 0.1) is 17.5 Å². The van der Waals surface area contributed by atoms with E-state index in [1.54, 1.807) is 13.2 Å². The van der Waals surface area contributed by atoms with Crippen molar-refractivity contribution in [2.24, 2.45) is 0 Å². The van der Waals surface area contributed by atoms with Crippen molar-refractivity contribution < 1.29 is 32.5 Å². The molecule has 1 amide bonds. The van der Waals surface area contributed by atoms with Crippen LogP contribution in [0.2, 0.25) is 0 Å². The number of nitrogens with one attached hydrogen (secondary N) is 3. The fourth-order valence-corrected chi connectivity index (χ4v) is 3.48. The Bertz CT molecular complexity index is 839. The second kappa shape index (κ2) is 9.07. The molecule has 3 rings (SSSR count). The number of methoxy groups -OCH3 is 1. The van der Waals surface area contributed by atoms with Crippen molar-refractivity contribution >= 4 is 11.6 Å². The van der Waals surface area contributed by atoms with E-state index < -0.39 is 11.6 Å². The summed E-state index contributed by atoms with van der Waals surface area (Å²) in [6.45, 7) is 4.06. The summed E-state index contributed by atoms with van der Waals surface area (Å²) in [5.41, 5.74) is 0.804. The zero-order chi connectivity index (χ0) is 20.1. The van der Waals surface area contributed by atoms with Crippen LogP contribution in [0.15, 0.2) is 36.4 Å². The number of piperazine rings is 1. The predicted octanol–water partition coefficient (Wildman–Crippen LogP) is 0.0346. The molecule has 0 aromatic heterocycles. The molecule has 1 heterocycles. The van der Waals surface area contributed by atoms with Crippen molar-refractivity contribution in [1.29, 1.82) is 0 Å². The fraction of sp³-hybridized carbons (Fsp3) is 0.350. The molecule has 5 nitrogen and oxygen atoms in total. The van der Waals surface area contributed by atoms with Gasteiger partial charge in [0.2, 0.25) is 0 Å². The molecule has 1 aliphatic heterocycles. The molecule has 1 fully saturated rings. The molecule has 0 radical (unpaired) electrons. The first-order valence-electron chi connectivity index (χ1n) is 9.19. The molecule has 8 heteroatoms. The molecule has 28 heavy (non-hydrogen) atoms. The number of quaternary nitrogens is 2. The molecular weight excluding hydrogens is 371 g/mol. The molecule has 0 bridgehead atoms. The van der Waals surface area contributed by atoms with Crippen molar-refractivity contribution in [3.05, 3.63) is 59.4 Å². The van der Waals surface area contributed by atoms with Gasteiger partial charge >= 0.3 is 0 Å². The van der Waals surface area contributed by atoms with Crippen LogP contribution < -0.4 is 19.9 Å². The third-order valence-corrected chi connectivity index (χ3v) is 4.96. The van der Waals surface area contributed by atoms with Crippen molar-refractivity contribution in [3.8, 4) is 5.75 Å². The van der Waals surface area contributed by atoms with Gasteiger partial charge in [0.15, 0.2) is 6.54 Å². The van der Waals surface area contributed by atoms with Crippen molar-refractivity contribution in [2.75, 3.05) is 45.2 Å². The average molecular weight is 395 g/mol. The van der Waals surface area contributed by atoms with Gasteiger partial charge in [0, 0.05) is 6.07 Å². The number of rotatable bonds is 6. The van der Waals surface area contributed by atoms with Gasteiger partial charge in [-0.05, 0) is 30.3 Å². The number of benzene rings is 2. The van der Waals surface area contributed by atoms with Gasteiger partial charge in [0.25, 0.3) is 5.91 Å². The summed E-state index contributed by atoms with van der Waals surface area (Å²) >= 11 is 0. The van der Waals surface area contributed by atoms with Gasteiger partial charge in [-0.25, -0.2) is 13.2 Å². The normalized spacial score (nSPS) is 19.3. The van der Waals surface area contributed by atoms with Crippen molar-refractivity contribution in [1.82, 2.24) is 0 Å². The number of ether oxygens (including phenoxy) is 1. The highest BCUT2D eigenvalue weighted by molar-refractivity contribution is 5.91. The third kappa shape index (κ3) is 5.24. The number of carbonyl (C=O) groups is 1. The van der Waals surface area contributed by atoms with E-state index in [4.69, 9.17) is 4.74 Å². The zero-order valence-corrected chi connectivity index (χ0v) is 15.7. The summed E-state index contributed by atoms with van der Waals surface area (Å²) in [7, 11) is 1.57. The maximum Gasteiger partial charge on any atom is 0.279 e. The van der Waals surface area contributed by atoms with E-state index in [9.17, 15) is 18.0 Å². The quantitative estimate of drug-likeness (QED) is 0.647. The molecule has 0 spiro atoms. The largest absolute Gasteiger partial charge is 0.496 e. The van der Waals surface area contributed by atoms with Crippen LogP contribution in [-0.4, -0.2) is 45.7 Å². The van der Waals surface area contributed by atoms with E-state index in [0.29, 0.717) is 12.3 Å². The maximum atomic E-state index is 13.6. The Labute approximate surface area is 161 Å². The number of hydrogen-bond donors (Lipinski definition) is 3. The average Bonchev–Trinajstić information content (AvgIpc) is 2.66. The first-order valence-corrected chi connectivity index (χ1v) is 9.19. The molecule has 2 aromatic carbocycles. The summed E-state index contributed by atoms with van der Waals surface area (Å²) in [6.07, 6.45) is 0. The standard InChI is InChI=1S/C20H22F3N3O2/c1-28-19-5-3-15(21)10-14(19)12-25-6-8-26(9-7-25)13-20(27)24-18-4-2-16(22)11-17(18)23/h2-5,10-11H,6-9,12-13H2,1H3,(H,24,27)/p+2. The molecule has 1 saturated heterocycles. The highest BCUT2D eigenvalue weighted by Gasteiger charge is 2.26. The highest BCUT2D eigenvalue weighted by Crippen LogP contribution is 2.18. The molecule has 0 aliphatic carbocycles. The molecule has 3 N–H and O–H groups in total. The lowest BCUT2D eigenvalue weighted by Crippen LogP contribution is -3.28. The number of carbonyl (C=O) groups excluding carboxylic acids is 1. The monoisotopic (exact) mass is 395 g/mol. The molecule has 2 aromatic rings. The summed E-state index contributed by atoms with van der Waals surface area (Å²) < 4.78 is 45.4. The van der Waals surface area contributed by atoms with E-state index in [-0.39, 0.29) is 24.0 Å². The van der Waals surface area contributed by atoms with Crippen LogP contribution in [0.25, 0.3) is 0 Å². The van der Waals surface area contributed by atoms with Gasteiger partial charge in [-0.2, -0.15) is 0 Å². The Morgan fingerprint density at radius 1 is 1.00 bits per heavy atom. The number of halogens is 3. The van der Waals surface area contributed by atoms with E-state index in [1.165, 1.54) is 23.1 Å². The minimum absolute atomic E-state index is 0.0201. The smallest absolute Gasteiger partial charge is 0.279 e. The van der Waals surface area contributed by atoms with Crippen LogP contribution in [0.4, 0.5) is 18.9 Å². The topological polar surface area (TPSA) is 47.2 Å². The van der Waals surface area contributed by atoms with Gasteiger partial charge in [-0.1, -0.05) is 0 Å². The van der Waals surface area contributed by atoms with Gasteiger partial charge in [0.05, 0.1) is 18.4 Å². The SMILES string of the molecule is COc1ccc(F)cc1C[NH+]1CC[NH+](CC(=O)Nc2ccc(F)cc2F)CC1. The Kier molecular flexibility index (Phi) is 6.53. The second-order valence-electron chi connectivity index (χ2n) is 6.98. The molecule has 0 saturated carbocycles. The Morgan fingerprint density at radius 3 is 2.32 bits per heavy atom. The van der Waals surface area contributed by atoms with E-state index >= 15 is 0 Å². The lowest BCUT2D eigenvalue weighted by atomic mass is 10.1. The van der Waals surface area contributed by atoms with E-state index in [2.05, 4.69) is 5.32 Å². The van der Waals surface area contributed by atoms with Crippen LogP contribution in [0.1, 0.15) is 5.56 Å². The molecule has 0 unspecified atom stereocenters. The number of anilines is 1. The van der Waals surface area contributed by atoms with Crippen molar-refractivity contribution in [2.45, 2.75) is 6.54 Å². The molecule has 1 aliphatic rings. The van der Waals surface area contributed by atoms with Gasteiger partial charge in [-0.3, -0.25) is 4.79 Å². The van der Waals surface area contributed by atoms with Crippen LogP contribution in [-0.2, 0) is 11.3 Å². The van der Waals surface area contributed by atoms with Crippen LogP contribution in [0.3, 0.4) is 0 Å². The summed E-state index contributed by atoms with van der Waals surface area (Å²) in [5.74, 6) is -1.40. The van der Waals surface area contributed by atoms with Crippen LogP contribution >= 0.6 is 0 Å². The van der Waals surface area contributed by atoms with Gasteiger partial charge < -0.3 is 19.9 Å². The predicted molar refractivity (Wildman–Crippen MR) is 97.9 cm³/mol. The Morgan fingerprint density at radius 2 is 1.64 bits per heavy atom. The van der Waals surface area contributed by atoms with Crippen LogP contribution in [0.5, 0.6) is 5.75 Å². The molecule has 150 valence electrons. The number of amides is 1. The Balaban J connectivity index is 1.49. The van der Waals surface area contributed by atoms with E-state index in [1.807, 2.05) is 0 Å². The fourth-order valence-electron chi connectivity index (χ4n) is 3.48. The number of hydrogen-bond acceptors (Lipinski definition) is 2. The van der Waals surface area contributed by atoms with Gasteiger partial charge in [0.1, 0.15) is 55.9 Å². The highest BCUT2D eigenvalue weighted by atomic mass is 19.1. The molecule has 0 atom stereocenters. The first kappa shape index (κ1) is 20.2. The molecular formula is C20H24F3N3O2+2. The second-order valence-corrected chi connectivity index (χ2v) is 6.98. The minimum atomic E-state index is -0.790. The first-order chi connectivity index (χ1) is 13.4. The lowest BCUT2D eigenvalue weighted by molar-refractivity contribution is -1.02. The lowest BCUT2D eigenvalue weighted by Gasteiger charge is -2.29. The van der Waals surface area contributed by atoms with Crippen molar-refractivity contribution in [3.63, 3.8) is 0 Å². The maximum absolute atomic E-state index is 13.6. The Hall–Kier alpha value is -2.58. The zero-order valence-electron chi connectivity index (χ0n) is 15.7. The summed E-state index contributed by atoms with van der Waals surface area (Å²) in [4.78, 5) is 14.5. The third-order valence-electron chi connectivity index (χ3n) is 4.96.